The van der Waals surface area contributed by atoms with Crippen LogP contribution >= 0.6 is 11.3 Å². The summed E-state index contributed by atoms with van der Waals surface area (Å²) in [5.74, 6) is 0. The highest BCUT2D eigenvalue weighted by molar-refractivity contribution is 7.89. The highest BCUT2D eigenvalue weighted by Crippen LogP contribution is 2.26. The molecule has 0 spiro atoms. The molecule has 1 aromatic carbocycles. The van der Waals surface area contributed by atoms with Gasteiger partial charge in [-0.3, -0.25) is 14.7 Å². The minimum atomic E-state index is -3.85. The normalized spacial score (nSPS) is 16.8. The Labute approximate surface area is 170 Å². The maximum atomic E-state index is 12.9. The van der Waals surface area contributed by atoms with Crippen LogP contribution in [0, 0.1) is 0 Å². The summed E-state index contributed by atoms with van der Waals surface area (Å²) in [7, 11) is -3.85. The third-order valence-electron chi connectivity index (χ3n) is 4.85. The van der Waals surface area contributed by atoms with Crippen molar-refractivity contribution < 1.29 is 13.2 Å². The summed E-state index contributed by atoms with van der Waals surface area (Å²) >= 11 is 1.58. The number of H-pyrrole nitrogens is 2. The highest BCUT2D eigenvalue weighted by atomic mass is 32.2. The Hall–Kier alpha value is -2.31. The van der Waals surface area contributed by atoms with Gasteiger partial charge in [0.1, 0.15) is 0 Å². The summed E-state index contributed by atoms with van der Waals surface area (Å²) in [5.41, 5.74) is -0.992. The molecule has 29 heavy (non-hydrogen) atoms. The maximum Gasteiger partial charge on any atom is 0.326 e. The predicted molar refractivity (Wildman–Crippen MR) is 110 cm³/mol. The third-order valence-corrected chi connectivity index (χ3v) is 7.24. The molecule has 3 aromatic rings. The van der Waals surface area contributed by atoms with Crippen molar-refractivity contribution in [2.24, 2.45) is 0 Å². The van der Waals surface area contributed by atoms with E-state index in [1.807, 2.05) is 17.5 Å². The molecule has 0 radical (unpaired) electrons. The van der Waals surface area contributed by atoms with E-state index in [0.717, 1.165) is 18.0 Å². The Bertz CT molecular complexity index is 1210. The number of nitrogens with one attached hydrogen (secondary N) is 3. The Balaban J connectivity index is 1.59. The van der Waals surface area contributed by atoms with Crippen LogP contribution in [-0.4, -0.2) is 56.1 Å². The number of aromatic nitrogens is 2. The van der Waals surface area contributed by atoms with Gasteiger partial charge < -0.3 is 9.72 Å². The summed E-state index contributed by atoms with van der Waals surface area (Å²) < 4.78 is 33.8. The lowest BCUT2D eigenvalue weighted by molar-refractivity contribution is 0.0179. The van der Waals surface area contributed by atoms with Gasteiger partial charge in [-0.2, -0.15) is 0 Å². The summed E-state index contributed by atoms with van der Waals surface area (Å²) in [4.78, 5) is 31.2. The lowest BCUT2D eigenvalue weighted by Gasteiger charge is -2.34. The average molecular weight is 437 g/mol. The van der Waals surface area contributed by atoms with Crippen LogP contribution in [0.3, 0.4) is 0 Å². The van der Waals surface area contributed by atoms with Crippen LogP contribution in [0.4, 0.5) is 0 Å². The molecule has 1 aliphatic rings. The molecule has 0 bridgehead atoms. The van der Waals surface area contributed by atoms with Gasteiger partial charge in [0.25, 0.3) is 5.56 Å². The number of aromatic amines is 2. The largest absolute Gasteiger partial charge is 0.379 e. The van der Waals surface area contributed by atoms with E-state index in [0.29, 0.717) is 13.2 Å². The summed E-state index contributed by atoms with van der Waals surface area (Å²) in [6.45, 7) is 2.87. The standard InChI is InChI=1S/C18H20N4O5S2/c23-17-13-10-12(3-4-14(13)20-18(24)21-17)29(25,26)19-11-15(16-2-1-9-28-16)22-5-7-27-8-6-22/h1-4,9-10,15,19H,5-8,11H2,(H2,20,21,23,24). The van der Waals surface area contributed by atoms with Crippen molar-refractivity contribution in [1.29, 1.82) is 0 Å². The molecule has 0 aliphatic carbocycles. The van der Waals surface area contributed by atoms with E-state index in [1.165, 1.54) is 18.2 Å². The van der Waals surface area contributed by atoms with E-state index in [-0.39, 0.29) is 28.4 Å². The van der Waals surface area contributed by atoms with E-state index in [9.17, 15) is 18.0 Å². The predicted octanol–water partition coefficient (Wildman–Crippen LogP) is 0.630. The van der Waals surface area contributed by atoms with E-state index < -0.39 is 21.3 Å². The number of sulfonamides is 1. The number of morpholine rings is 1. The second-order valence-electron chi connectivity index (χ2n) is 6.65. The summed E-state index contributed by atoms with van der Waals surface area (Å²) in [6.07, 6.45) is 0. The number of hydrogen-bond donors (Lipinski definition) is 3. The summed E-state index contributed by atoms with van der Waals surface area (Å²) in [5, 5.41) is 2.07. The lowest BCUT2D eigenvalue weighted by Crippen LogP contribution is -2.43. The first kappa shape index (κ1) is 20.0. The minimum Gasteiger partial charge on any atom is -0.379 e. The molecule has 11 heteroatoms. The smallest absolute Gasteiger partial charge is 0.326 e. The molecule has 3 heterocycles. The quantitative estimate of drug-likeness (QED) is 0.521. The maximum absolute atomic E-state index is 12.9. The topological polar surface area (TPSA) is 124 Å². The van der Waals surface area contributed by atoms with Crippen molar-refractivity contribution in [3.8, 4) is 0 Å². The molecule has 0 amide bonds. The van der Waals surface area contributed by atoms with Crippen molar-refractivity contribution in [2.75, 3.05) is 32.8 Å². The Morgan fingerprint density at radius 3 is 2.69 bits per heavy atom. The van der Waals surface area contributed by atoms with Gasteiger partial charge in [0, 0.05) is 24.5 Å². The number of hydrogen-bond acceptors (Lipinski definition) is 7. The van der Waals surface area contributed by atoms with Gasteiger partial charge in [-0.1, -0.05) is 6.07 Å². The van der Waals surface area contributed by atoms with Crippen molar-refractivity contribution in [3.05, 3.63) is 61.4 Å². The van der Waals surface area contributed by atoms with E-state index in [1.54, 1.807) is 11.3 Å². The molecule has 3 N–H and O–H groups in total. The van der Waals surface area contributed by atoms with Gasteiger partial charge in [0.2, 0.25) is 10.0 Å². The number of rotatable bonds is 6. The second kappa shape index (κ2) is 8.20. The zero-order valence-corrected chi connectivity index (χ0v) is 17.0. The summed E-state index contributed by atoms with van der Waals surface area (Å²) in [6, 6.07) is 7.88. The van der Waals surface area contributed by atoms with Gasteiger partial charge in [0.05, 0.1) is 35.1 Å². The molecule has 9 nitrogen and oxygen atoms in total. The zero-order valence-electron chi connectivity index (χ0n) is 15.4. The zero-order chi connectivity index (χ0) is 20.4. The van der Waals surface area contributed by atoms with Crippen LogP contribution in [0.15, 0.2) is 50.2 Å². The third kappa shape index (κ3) is 4.33. The van der Waals surface area contributed by atoms with E-state index in [4.69, 9.17) is 4.74 Å². The van der Waals surface area contributed by atoms with Crippen LogP contribution in [-0.2, 0) is 14.8 Å². The molecule has 0 saturated carbocycles. The van der Waals surface area contributed by atoms with Crippen LogP contribution in [0.5, 0.6) is 0 Å². The fraction of sp³-hybridized carbons (Fsp3) is 0.333. The van der Waals surface area contributed by atoms with Crippen molar-refractivity contribution in [3.63, 3.8) is 0 Å². The first-order valence-corrected chi connectivity index (χ1v) is 11.4. The second-order valence-corrected chi connectivity index (χ2v) is 9.39. The molecule has 1 unspecified atom stereocenters. The SMILES string of the molecule is O=c1[nH]c(=O)c2cc(S(=O)(=O)NCC(c3cccs3)N3CCOCC3)ccc2[nH]1. The number of ether oxygens (including phenoxy) is 1. The Morgan fingerprint density at radius 1 is 1.17 bits per heavy atom. The van der Waals surface area contributed by atoms with Gasteiger partial charge in [-0.15, -0.1) is 11.3 Å². The molecule has 1 fully saturated rings. The van der Waals surface area contributed by atoms with E-state index in [2.05, 4.69) is 19.6 Å². The number of benzene rings is 1. The Kier molecular flexibility index (Phi) is 5.65. The minimum absolute atomic E-state index is 0.0329. The van der Waals surface area contributed by atoms with Crippen molar-refractivity contribution in [2.45, 2.75) is 10.9 Å². The molecule has 1 aliphatic heterocycles. The van der Waals surface area contributed by atoms with Crippen molar-refractivity contribution in [1.82, 2.24) is 19.6 Å². The number of fused-ring (bicyclic) bond motifs is 1. The molecular formula is C18H20N4O5S2. The number of nitrogens with zero attached hydrogens (tertiary/aromatic N) is 1. The fourth-order valence-corrected chi connectivity index (χ4v) is 5.29. The van der Waals surface area contributed by atoms with Gasteiger partial charge >= 0.3 is 5.69 Å². The van der Waals surface area contributed by atoms with Gasteiger partial charge in [0.15, 0.2) is 0 Å². The number of thiophene rings is 1. The van der Waals surface area contributed by atoms with Crippen molar-refractivity contribution >= 4 is 32.3 Å². The fourth-order valence-electron chi connectivity index (χ4n) is 3.36. The highest BCUT2D eigenvalue weighted by Gasteiger charge is 2.26. The lowest BCUT2D eigenvalue weighted by atomic mass is 10.2. The van der Waals surface area contributed by atoms with Crippen LogP contribution in [0.25, 0.3) is 10.9 Å². The van der Waals surface area contributed by atoms with Gasteiger partial charge in [-0.05, 0) is 29.6 Å². The van der Waals surface area contributed by atoms with Crippen LogP contribution in [0.1, 0.15) is 10.9 Å². The van der Waals surface area contributed by atoms with Crippen LogP contribution in [0.2, 0.25) is 0 Å². The van der Waals surface area contributed by atoms with Crippen LogP contribution < -0.4 is 16.0 Å². The molecule has 1 atom stereocenters. The first-order valence-electron chi connectivity index (χ1n) is 9.05. The monoisotopic (exact) mass is 436 g/mol. The van der Waals surface area contributed by atoms with Gasteiger partial charge in [-0.25, -0.2) is 17.9 Å². The Morgan fingerprint density at radius 2 is 1.97 bits per heavy atom. The molecular weight excluding hydrogens is 416 g/mol. The molecule has 1 saturated heterocycles. The van der Waals surface area contributed by atoms with E-state index >= 15 is 0 Å². The molecule has 4 rings (SSSR count). The first-order chi connectivity index (χ1) is 13.9. The molecule has 154 valence electrons. The average Bonchev–Trinajstić information content (AvgIpc) is 3.23. The molecule has 2 aromatic heterocycles.